The standard InChI is InChI=1S/C20H20F3NO3/c1-27-18(25)12-14-24(13-11-15-5-3-2-4-6-15)19(26)16-7-9-17(10-8-16)20(21,22)23/h2-10H,11-14H2,1H3. The number of nitrogens with zero attached hydrogens (tertiary/aromatic N) is 1. The van der Waals surface area contributed by atoms with Crippen molar-refractivity contribution in [2.75, 3.05) is 20.2 Å². The average Bonchev–Trinajstić information content (AvgIpc) is 2.67. The zero-order valence-corrected chi connectivity index (χ0v) is 14.8. The second-order valence-corrected chi connectivity index (χ2v) is 5.93. The van der Waals surface area contributed by atoms with Crippen LogP contribution < -0.4 is 0 Å². The van der Waals surface area contributed by atoms with Gasteiger partial charge in [0, 0.05) is 18.7 Å². The van der Waals surface area contributed by atoms with Crippen LogP contribution in [0.4, 0.5) is 13.2 Å². The number of benzene rings is 2. The monoisotopic (exact) mass is 379 g/mol. The molecule has 2 rings (SSSR count). The molecule has 0 saturated carbocycles. The zero-order valence-electron chi connectivity index (χ0n) is 14.8. The maximum Gasteiger partial charge on any atom is 0.416 e. The molecule has 0 aromatic heterocycles. The predicted molar refractivity (Wildman–Crippen MR) is 94.1 cm³/mol. The van der Waals surface area contributed by atoms with Crippen molar-refractivity contribution in [1.82, 2.24) is 4.90 Å². The van der Waals surface area contributed by atoms with Crippen LogP contribution in [0.1, 0.15) is 27.9 Å². The van der Waals surface area contributed by atoms with Crippen molar-refractivity contribution in [2.45, 2.75) is 19.0 Å². The van der Waals surface area contributed by atoms with Crippen molar-refractivity contribution in [3.63, 3.8) is 0 Å². The van der Waals surface area contributed by atoms with E-state index in [4.69, 9.17) is 0 Å². The Morgan fingerprint density at radius 3 is 2.15 bits per heavy atom. The number of carbonyl (C=O) groups is 2. The Kier molecular flexibility index (Phi) is 6.98. The quantitative estimate of drug-likeness (QED) is 0.685. The second kappa shape index (κ2) is 9.21. The van der Waals surface area contributed by atoms with Gasteiger partial charge in [0.05, 0.1) is 19.1 Å². The van der Waals surface area contributed by atoms with Crippen LogP contribution in [-0.2, 0) is 22.1 Å². The SMILES string of the molecule is COC(=O)CCN(CCc1ccccc1)C(=O)c1ccc(C(F)(F)F)cc1. The molecule has 0 unspecified atom stereocenters. The first-order chi connectivity index (χ1) is 12.8. The van der Waals surface area contributed by atoms with Gasteiger partial charge in [-0.15, -0.1) is 0 Å². The highest BCUT2D eigenvalue weighted by molar-refractivity contribution is 5.94. The number of esters is 1. The number of ether oxygens (including phenoxy) is 1. The van der Waals surface area contributed by atoms with Gasteiger partial charge in [-0.2, -0.15) is 13.2 Å². The van der Waals surface area contributed by atoms with Gasteiger partial charge in [0.15, 0.2) is 0 Å². The molecule has 0 aliphatic heterocycles. The lowest BCUT2D eigenvalue weighted by Gasteiger charge is -2.22. The van der Waals surface area contributed by atoms with E-state index < -0.39 is 23.6 Å². The third kappa shape index (κ3) is 6.13. The van der Waals surface area contributed by atoms with E-state index in [2.05, 4.69) is 4.74 Å². The van der Waals surface area contributed by atoms with Crippen molar-refractivity contribution < 1.29 is 27.5 Å². The van der Waals surface area contributed by atoms with Crippen LogP contribution in [0.25, 0.3) is 0 Å². The van der Waals surface area contributed by atoms with Gasteiger partial charge in [0.1, 0.15) is 0 Å². The van der Waals surface area contributed by atoms with Crippen LogP contribution in [0.2, 0.25) is 0 Å². The van der Waals surface area contributed by atoms with Crippen LogP contribution in [0.5, 0.6) is 0 Å². The molecule has 2 aromatic rings. The van der Waals surface area contributed by atoms with Crippen molar-refractivity contribution in [3.05, 3.63) is 71.3 Å². The van der Waals surface area contributed by atoms with Crippen LogP contribution in [0.3, 0.4) is 0 Å². The largest absolute Gasteiger partial charge is 0.469 e. The molecular formula is C20H20F3NO3. The lowest BCUT2D eigenvalue weighted by Crippen LogP contribution is -2.35. The molecule has 0 spiro atoms. The van der Waals surface area contributed by atoms with Crippen LogP contribution >= 0.6 is 0 Å². The Bertz CT molecular complexity index is 758. The van der Waals surface area contributed by atoms with Gasteiger partial charge in [0.2, 0.25) is 0 Å². The summed E-state index contributed by atoms with van der Waals surface area (Å²) in [5.74, 6) is -0.886. The molecule has 0 aliphatic carbocycles. The van der Waals surface area contributed by atoms with Gasteiger partial charge in [-0.3, -0.25) is 9.59 Å². The van der Waals surface area contributed by atoms with Gasteiger partial charge in [0.25, 0.3) is 5.91 Å². The number of hydrogen-bond acceptors (Lipinski definition) is 3. The highest BCUT2D eigenvalue weighted by Crippen LogP contribution is 2.29. The lowest BCUT2D eigenvalue weighted by atomic mass is 10.1. The molecule has 0 heterocycles. The molecule has 1 amide bonds. The molecule has 144 valence electrons. The Morgan fingerprint density at radius 2 is 1.59 bits per heavy atom. The number of rotatable bonds is 7. The molecule has 0 N–H and O–H groups in total. The summed E-state index contributed by atoms with van der Waals surface area (Å²) in [6.07, 6.45) is -3.88. The van der Waals surface area contributed by atoms with Crippen LogP contribution in [-0.4, -0.2) is 37.0 Å². The summed E-state index contributed by atoms with van der Waals surface area (Å²) in [6.45, 7) is 0.459. The summed E-state index contributed by atoms with van der Waals surface area (Å²) < 4.78 is 42.7. The first kappa shape index (κ1) is 20.5. The van der Waals surface area contributed by atoms with Crippen molar-refractivity contribution in [2.24, 2.45) is 0 Å². The molecule has 0 radical (unpaired) electrons. The van der Waals surface area contributed by atoms with E-state index in [0.717, 1.165) is 29.8 Å². The van der Waals surface area contributed by atoms with Crippen molar-refractivity contribution in [3.8, 4) is 0 Å². The number of carbonyl (C=O) groups excluding carboxylic acids is 2. The Hall–Kier alpha value is -2.83. The summed E-state index contributed by atoms with van der Waals surface area (Å²) in [6, 6.07) is 13.5. The molecule has 0 atom stereocenters. The normalized spacial score (nSPS) is 11.1. The molecule has 0 saturated heterocycles. The number of hydrogen-bond donors (Lipinski definition) is 0. The minimum Gasteiger partial charge on any atom is -0.469 e. The Labute approximate surface area is 155 Å². The van der Waals surface area contributed by atoms with E-state index in [1.807, 2.05) is 30.3 Å². The van der Waals surface area contributed by atoms with Gasteiger partial charge < -0.3 is 9.64 Å². The smallest absolute Gasteiger partial charge is 0.416 e. The fourth-order valence-electron chi connectivity index (χ4n) is 2.54. The molecule has 0 fully saturated rings. The van der Waals surface area contributed by atoms with E-state index in [1.165, 1.54) is 12.0 Å². The summed E-state index contributed by atoms with van der Waals surface area (Å²) in [5.41, 5.74) is 0.339. The molecular weight excluding hydrogens is 359 g/mol. The molecule has 0 bridgehead atoms. The molecule has 4 nitrogen and oxygen atoms in total. The highest BCUT2D eigenvalue weighted by Gasteiger charge is 2.30. The van der Waals surface area contributed by atoms with E-state index in [-0.39, 0.29) is 18.5 Å². The number of methoxy groups -OCH3 is 1. The average molecular weight is 379 g/mol. The summed E-state index contributed by atoms with van der Waals surface area (Å²) in [5, 5.41) is 0. The maximum atomic E-state index is 12.7. The number of halogens is 3. The second-order valence-electron chi connectivity index (χ2n) is 5.93. The molecule has 0 aliphatic rings. The molecule has 27 heavy (non-hydrogen) atoms. The maximum absolute atomic E-state index is 12.7. The summed E-state index contributed by atoms with van der Waals surface area (Å²) in [7, 11) is 1.26. The van der Waals surface area contributed by atoms with Gasteiger partial charge in [-0.25, -0.2) is 0 Å². The minimum atomic E-state index is -4.46. The van der Waals surface area contributed by atoms with E-state index in [9.17, 15) is 22.8 Å². The third-order valence-corrected chi connectivity index (χ3v) is 4.07. The Balaban J connectivity index is 2.12. The predicted octanol–water partition coefficient (Wildman–Crippen LogP) is 3.95. The van der Waals surface area contributed by atoms with Crippen LogP contribution in [0, 0.1) is 0 Å². The number of amides is 1. The van der Waals surface area contributed by atoms with Gasteiger partial charge in [-0.1, -0.05) is 30.3 Å². The molecule has 2 aromatic carbocycles. The summed E-state index contributed by atoms with van der Waals surface area (Å²) >= 11 is 0. The summed E-state index contributed by atoms with van der Waals surface area (Å²) in [4.78, 5) is 25.6. The number of alkyl halides is 3. The fourth-order valence-corrected chi connectivity index (χ4v) is 2.54. The fraction of sp³-hybridized carbons (Fsp3) is 0.300. The van der Waals surface area contributed by atoms with Crippen LogP contribution in [0.15, 0.2) is 54.6 Å². The molecule has 7 heteroatoms. The Morgan fingerprint density at radius 1 is 0.963 bits per heavy atom. The third-order valence-electron chi connectivity index (χ3n) is 4.07. The van der Waals surface area contributed by atoms with E-state index in [0.29, 0.717) is 13.0 Å². The zero-order chi connectivity index (χ0) is 19.9. The first-order valence-corrected chi connectivity index (χ1v) is 8.38. The van der Waals surface area contributed by atoms with Gasteiger partial charge in [-0.05, 0) is 36.2 Å². The first-order valence-electron chi connectivity index (χ1n) is 8.38. The minimum absolute atomic E-state index is 0.0116. The van der Waals surface area contributed by atoms with E-state index in [1.54, 1.807) is 0 Å². The van der Waals surface area contributed by atoms with E-state index >= 15 is 0 Å². The van der Waals surface area contributed by atoms with Crippen molar-refractivity contribution in [1.29, 1.82) is 0 Å². The van der Waals surface area contributed by atoms with Crippen molar-refractivity contribution >= 4 is 11.9 Å². The van der Waals surface area contributed by atoms with Gasteiger partial charge >= 0.3 is 12.1 Å². The highest BCUT2D eigenvalue weighted by atomic mass is 19.4. The topological polar surface area (TPSA) is 46.6 Å². The lowest BCUT2D eigenvalue weighted by molar-refractivity contribution is -0.141.